The van der Waals surface area contributed by atoms with E-state index in [2.05, 4.69) is 114 Å². The second-order valence-electron chi connectivity index (χ2n) is 19.6. The Balaban J connectivity index is 0.00000111. The van der Waals surface area contributed by atoms with Gasteiger partial charge in [-0.05, 0) is 90.4 Å². The van der Waals surface area contributed by atoms with Crippen LogP contribution in [0.15, 0.2) is 29.2 Å². The average Bonchev–Trinajstić information content (AvgIpc) is 3.58. The van der Waals surface area contributed by atoms with Crippen LogP contribution in [0.4, 0.5) is 0 Å². The number of fused-ring (bicyclic) bond motifs is 6. The van der Waals surface area contributed by atoms with Gasteiger partial charge in [0, 0.05) is 100 Å². The van der Waals surface area contributed by atoms with Crippen LogP contribution < -0.4 is 23.6 Å². The smallest absolute Gasteiger partial charge is 0.462 e. The van der Waals surface area contributed by atoms with Gasteiger partial charge in [-0.2, -0.15) is 10.5 Å². The SMILES string of the molecule is CC.CC1(C)CC2(CC(C)(C)c3cc4c(c(CN5CCS(=O)CC5)c32)OC(C)(C)C(C)(C)O4)c2c1cc1c(c2CN2CCS(=O)CC2)OC2=C(O1)C(C#N)=C=[N+]=C2C#N.CCC. The Morgan fingerprint density at radius 3 is 1.65 bits per heavy atom. The number of nitriles is 2. The van der Waals surface area contributed by atoms with Crippen LogP contribution >= 0.6 is 0 Å². The van der Waals surface area contributed by atoms with Crippen molar-refractivity contribution in [1.29, 1.82) is 10.5 Å². The Bertz CT molecular complexity index is 2460. The first-order valence-electron chi connectivity index (χ1n) is 22.4. The summed E-state index contributed by atoms with van der Waals surface area (Å²) in [6.45, 7) is 29.8. The lowest BCUT2D eigenvalue weighted by Gasteiger charge is -2.47. The third kappa shape index (κ3) is 7.67. The third-order valence-electron chi connectivity index (χ3n) is 13.6. The normalized spacial score (nSPS) is 24.8. The highest BCUT2D eigenvalue weighted by Gasteiger charge is 2.61. The van der Waals surface area contributed by atoms with Crippen molar-refractivity contribution in [2.75, 3.05) is 49.2 Å². The number of ether oxygens (including phenoxy) is 4. The molecule has 0 N–H and O–H groups in total. The number of nitrogens with zero attached hydrogens (tertiary/aromatic N) is 5. The zero-order chi connectivity index (χ0) is 45.2. The molecular weight excluding hydrogens is 819 g/mol. The lowest BCUT2D eigenvalue weighted by molar-refractivity contribution is -0.100. The molecule has 0 aromatic heterocycles. The largest absolute Gasteiger partial charge is 0.480 e. The molecule has 2 aromatic carbocycles. The van der Waals surface area contributed by atoms with Crippen molar-refractivity contribution in [2.45, 2.75) is 143 Å². The van der Waals surface area contributed by atoms with Crippen molar-refractivity contribution < 1.29 is 27.4 Å². The summed E-state index contributed by atoms with van der Waals surface area (Å²) < 4.78 is 56.8. The van der Waals surface area contributed by atoms with E-state index in [0.29, 0.717) is 60.7 Å². The van der Waals surface area contributed by atoms with Crippen molar-refractivity contribution >= 4 is 33.2 Å². The second kappa shape index (κ2) is 16.7. The molecule has 13 heteroatoms. The van der Waals surface area contributed by atoms with Gasteiger partial charge < -0.3 is 18.9 Å². The molecule has 2 aliphatic carbocycles. The molecule has 0 bridgehead atoms. The molecule has 1 spiro atoms. The third-order valence-corrected chi connectivity index (χ3v) is 16.2. The fourth-order valence-corrected chi connectivity index (χ4v) is 12.6. The highest BCUT2D eigenvalue weighted by atomic mass is 32.2. The molecule has 2 fully saturated rings. The van der Waals surface area contributed by atoms with Crippen molar-refractivity contribution in [3.8, 4) is 35.1 Å². The fraction of sp³-hybridized carbons (Fsp3) is 0.612. The number of hydrogen-bond donors (Lipinski definition) is 0. The first-order chi connectivity index (χ1) is 29.3. The van der Waals surface area contributed by atoms with Crippen LogP contribution in [-0.4, -0.2) is 90.2 Å². The minimum atomic E-state index is -0.867. The first kappa shape index (κ1) is 45.8. The van der Waals surface area contributed by atoms with Crippen LogP contribution in [0.5, 0.6) is 23.0 Å². The van der Waals surface area contributed by atoms with Gasteiger partial charge in [-0.3, -0.25) is 18.2 Å². The maximum Gasteiger partial charge on any atom is 0.462 e. The Kier molecular flexibility index (Phi) is 12.4. The van der Waals surface area contributed by atoms with E-state index in [0.717, 1.165) is 54.1 Å². The molecule has 11 nitrogen and oxygen atoms in total. The van der Waals surface area contributed by atoms with Crippen LogP contribution in [0.2, 0.25) is 0 Å². The van der Waals surface area contributed by atoms with Crippen LogP contribution in [0.25, 0.3) is 0 Å². The van der Waals surface area contributed by atoms with Crippen LogP contribution in [0.1, 0.15) is 136 Å². The molecule has 9 rings (SSSR count). The first-order valence-corrected chi connectivity index (χ1v) is 25.3. The van der Waals surface area contributed by atoms with Gasteiger partial charge in [-0.15, -0.1) is 0 Å². The maximum atomic E-state index is 12.6. The molecule has 2 saturated heterocycles. The lowest BCUT2D eigenvalue weighted by atomic mass is 9.70. The molecule has 5 aliphatic heterocycles. The van der Waals surface area contributed by atoms with E-state index < -0.39 is 38.2 Å². The Labute approximate surface area is 373 Å². The van der Waals surface area contributed by atoms with Gasteiger partial charge in [0.2, 0.25) is 11.3 Å². The lowest BCUT2D eigenvalue weighted by Crippen LogP contribution is -2.56. The van der Waals surface area contributed by atoms with Crippen molar-refractivity contribution in [3.05, 3.63) is 62.6 Å². The molecule has 1 atom stereocenters. The molecule has 0 saturated carbocycles. The van der Waals surface area contributed by atoms with Crippen LogP contribution in [0, 0.1) is 22.7 Å². The number of allylic oxidation sites excluding steroid dienone is 2. The summed E-state index contributed by atoms with van der Waals surface area (Å²) in [6.07, 6.45) is 2.89. The fourth-order valence-electron chi connectivity index (χ4n) is 10.3. The van der Waals surface area contributed by atoms with Crippen molar-refractivity contribution in [2.24, 2.45) is 0 Å². The number of benzene rings is 2. The van der Waals surface area contributed by atoms with Crippen molar-refractivity contribution in [1.82, 2.24) is 14.5 Å². The zero-order valence-electron chi connectivity index (χ0n) is 38.8. The van der Waals surface area contributed by atoms with Gasteiger partial charge in [0.1, 0.15) is 17.3 Å². The van der Waals surface area contributed by atoms with Crippen molar-refractivity contribution in [3.63, 3.8) is 0 Å². The highest BCUT2D eigenvalue weighted by molar-refractivity contribution is 7.85. The molecule has 7 aliphatic rings. The predicted octanol–water partition coefficient (Wildman–Crippen LogP) is 7.38. The van der Waals surface area contributed by atoms with Gasteiger partial charge in [0.25, 0.3) is 5.76 Å². The molecule has 1 unspecified atom stereocenters. The molecule has 2 aromatic rings. The number of rotatable bonds is 4. The average molecular weight is 883 g/mol. The molecule has 332 valence electrons. The minimum absolute atomic E-state index is 0.00378. The summed E-state index contributed by atoms with van der Waals surface area (Å²) >= 11 is 0. The van der Waals surface area contributed by atoms with E-state index in [1.165, 1.54) is 23.1 Å². The second-order valence-corrected chi connectivity index (χ2v) is 23.0. The van der Waals surface area contributed by atoms with Crippen LogP contribution in [-0.2, 0) is 50.9 Å². The molecule has 62 heavy (non-hydrogen) atoms. The molecule has 0 radical (unpaired) electrons. The van der Waals surface area contributed by atoms with Gasteiger partial charge in [-0.25, -0.2) is 0 Å². The Hall–Kier alpha value is -4.19. The van der Waals surface area contributed by atoms with E-state index in [1.807, 2.05) is 13.8 Å². The van der Waals surface area contributed by atoms with Crippen LogP contribution in [0.3, 0.4) is 0 Å². The monoisotopic (exact) mass is 882 g/mol. The van der Waals surface area contributed by atoms with E-state index >= 15 is 0 Å². The zero-order valence-corrected chi connectivity index (χ0v) is 40.5. The summed E-state index contributed by atoms with van der Waals surface area (Å²) in [5, 5.41) is 20.1. The summed E-state index contributed by atoms with van der Waals surface area (Å²) in [4.78, 5) is 4.77. The highest BCUT2D eigenvalue weighted by Crippen LogP contribution is 2.68. The topological polar surface area (TPSA) is 139 Å². The maximum absolute atomic E-state index is 12.6. The molecule has 0 amide bonds. The minimum Gasteiger partial charge on any atom is -0.480 e. The van der Waals surface area contributed by atoms with E-state index in [4.69, 9.17) is 18.9 Å². The number of hydrogen-bond acceptors (Lipinski definition) is 10. The predicted molar refractivity (Wildman–Crippen MR) is 247 cm³/mol. The van der Waals surface area contributed by atoms with Gasteiger partial charge >= 0.3 is 11.6 Å². The summed E-state index contributed by atoms with van der Waals surface area (Å²) in [5.74, 6) is 7.95. The quantitative estimate of drug-likeness (QED) is 0.286. The Morgan fingerprint density at radius 1 is 0.694 bits per heavy atom. The summed E-state index contributed by atoms with van der Waals surface area (Å²) in [5.41, 5.74) is 4.71. The van der Waals surface area contributed by atoms with E-state index in [9.17, 15) is 18.9 Å². The van der Waals surface area contributed by atoms with E-state index in [-0.39, 0.29) is 33.6 Å². The van der Waals surface area contributed by atoms with E-state index in [1.54, 1.807) is 0 Å². The summed E-state index contributed by atoms with van der Waals surface area (Å²) in [7, 11) is -1.69. The summed E-state index contributed by atoms with van der Waals surface area (Å²) in [6, 6.07) is 8.58. The molecular formula is C49H64N5O6S2+. The molecule has 5 heterocycles. The van der Waals surface area contributed by atoms with Gasteiger partial charge in [0.15, 0.2) is 29.1 Å². The van der Waals surface area contributed by atoms with Gasteiger partial charge in [-0.1, -0.05) is 61.8 Å². The van der Waals surface area contributed by atoms with Gasteiger partial charge in [0.05, 0.1) is 0 Å². The standard InChI is InChI=1S/C44H50N5O6S2.C3H8.C2H6/c1-40(2)24-44(25-41(3,4)30-18-33-38(55-43(7,8)42(5,6)54-33)28(35(30)44)23-49-11-15-57(51)16-12-49)34-27(22-48-9-13-56(50)14-10-48)37-32(17-29(34)40)52-36-26(19-45)21-47-31(20-46)39(36)53-37;1-3-2;1-2/h17-18H,9-16,22-25H2,1-8H3;3H2,1-2H3;1-2H3/q+1;;. The Morgan fingerprint density at radius 2 is 1.16 bits per heavy atom.